The Kier molecular flexibility index (Phi) is 4.35. The maximum absolute atomic E-state index is 12.4. The number of methoxy groups -OCH3 is 1. The number of anilines is 1. The van der Waals surface area contributed by atoms with Gasteiger partial charge in [-0.2, -0.15) is 5.26 Å². The summed E-state index contributed by atoms with van der Waals surface area (Å²) >= 11 is 1.54. The lowest BCUT2D eigenvalue weighted by atomic mass is 9.88. The predicted octanol–water partition coefficient (Wildman–Crippen LogP) is 4.01. The Labute approximate surface area is 139 Å². The number of hydrogen-bond donors (Lipinski definition) is 1. The number of carbonyl (C=O) groups excluding carboxylic acids is 1. The number of nitriles is 1. The highest BCUT2D eigenvalue weighted by Gasteiger charge is 2.24. The van der Waals surface area contributed by atoms with Crippen molar-refractivity contribution < 1.29 is 9.53 Å². The van der Waals surface area contributed by atoms with Crippen LogP contribution < -0.4 is 10.1 Å². The smallest absolute Gasteiger partial charge is 0.256 e. The molecule has 1 aliphatic carbocycles. The van der Waals surface area contributed by atoms with Crippen LogP contribution in [0.3, 0.4) is 0 Å². The van der Waals surface area contributed by atoms with E-state index in [0.29, 0.717) is 27.8 Å². The second kappa shape index (κ2) is 6.43. The highest BCUT2D eigenvalue weighted by atomic mass is 32.1. The van der Waals surface area contributed by atoms with Crippen LogP contribution in [0.2, 0.25) is 0 Å². The molecule has 1 aromatic heterocycles. The minimum Gasteiger partial charge on any atom is -0.497 e. The van der Waals surface area contributed by atoms with Gasteiger partial charge in [0.2, 0.25) is 0 Å². The number of fused-ring (bicyclic) bond motifs is 1. The van der Waals surface area contributed by atoms with Gasteiger partial charge in [0, 0.05) is 10.4 Å². The molecule has 1 amide bonds. The first-order valence-electron chi connectivity index (χ1n) is 7.62. The second-order valence-electron chi connectivity index (χ2n) is 5.85. The van der Waals surface area contributed by atoms with Crippen molar-refractivity contribution in [3.63, 3.8) is 0 Å². The van der Waals surface area contributed by atoms with E-state index in [2.05, 4.69) is 18.3 Å². The first-order chi connectivity index (χ1) is 11.1. The van der Waals surface area contributed by atoms with Crippen LogP contribution in [-0.4, -0.2) is 13.0 Å². The molecule has 1 atom stereocenters. The fourth-order valence-corrected chi connectivity index (χ4v) is 4.07. The molecule has 23 heavy (non-hydrogen) atoms. The number of nitrogens with one attached hydrogen (secondary N) is 1. The molecule has 0 fully saturated rings. The van der Waals surface area contributed by atoms with Crippen LogP contribution in [0.4, 0.5) is 5.00 Å². The summed E-state index contributed by atoms with van der Waals surface area (Å²) in [5.41, 5.74) is 2.31. The number of amides is 1. The average Bonchev–Trinajstić information content (AvgIpc) is 2.91. The first-order valence-corrected chi connectivity index (χ1v) is 8.44. The summed E-state index contributed by atoms with van der Waals surface area (Å²) < 4.78 is 5.10. The summed E-state index contributed by atoms with van der Waals surface area (Å²) in [5.74, 6) is 1.10. The molecule has 5 heteroatoms. The topological polar surface area (TPSA) is 62.1 Å². The minimum atomic E-state index is -0.198. The number of hydrogen-bond acceptors (Lipinski definition) is 4. The third-order valence-corrected chi connectivity index (χ3v) is 5.41. The molecule has 0 saturated carbocycles. The quantitative estimate of drug-likeness (QED) is 0.927. The summed E-state index contributed by atoms with van der Waals surface area (Å²) in [6.45, 7) is 2.21. The Hall–Kier alpha value is -2.32. The number of nitrogens with zero attached hydrogens (tertiary/aromatic N) is 1. The number of aryl methyl sites for hydroxylation is 1. The van der Waals surface area contributed by atoms with Crippen molar-refractivity contribution in [2.24, 2.45) is 5.92 Å². The lowest BCUT2D eigenvalue weighted by Crippen LogP contribution is -2.12. The summed E-state index contributed by atoms with van der Waals surface area (Å²) in [6.07, 6.45) is 3.06. The van der Waals surface area contributed by atoms with E-state index in [-0.39, 0.29) is 5.91 Å². The van der Waals surface area contributed by atoms with Crippen LogP contribution in [0.15, 0.2) is 24.3 Å². The van der Waals surface area contributed by atoms with Gasteiger partial charge < -0.3 is 10.1 Å². The first kappa shape index (κ1) is 15.6. The Morgan fingerprint density at radius 1 is 1.39 bits per heavy atom. The molecule has 1 unspecified atom stereocenters. The van der Waals surface area contributed by atoms with Crippen molar-refractivity contribution in [3.8, 4) is 11.8 Å². The molecule has 2 aromatic rings. The van der Waals surface area contributed by atoms with E-state index in [1.807, 2.05) is 0 Å². The van der Waals surface area contributed by atoms with Crippen molar-refractivity contribution >= 4 is 22.2 Å². The fraction of sp³-hybridized carbons (Fsp3) is 0.333. The molecular weight excluding hydrogens is 308 g/mol. The molecule has 4 nitrogen and oxygen atoms in total. The normalized spacial score (nSPS) is 16.3. The van der Waals surface area contributed by atoms with Crippen molar-refractivity contribution in [1.29, 1.82) is 5.26 Å². The zero-order valence-electron chi connectivity index (χ0n) is 13.2. The number of thiophene rings is 1. The molecule has 0 radical (unpaired) electrons. The second-order valence-corrected chi connectivity index (χ2v) is 6.96. The van der Waals surface area contributed by atoms with Gasteiger partial charge in [-0.1, -0.05) is 6.92 Å². The van der Waals surface area contributed by atoms with Crippen LogP contribution >= 0.6 is 11.3 Å². The zero-order valence-corrected chi connectivity index (χ0v) is 14.0. The highest BCUT2D eigenvalue weighted by Crippen LogP contribution is 2.39. The van der Waals surface area contributed by atoms with Crippen LogP contribution in [0.25, 0.3) is 0 Å². The van der Waals surface area contributed by atoms with Gasteiger partial charge in [-0.15, -0.1) is 11.3 Å². The van der Waals surface area contributed by atoms with Crippen LogP contribution in [0, 0.1) is 17.2 Å². The number of carbonyl (C=O) groups is 1. The molecular formula is C18H18N2O2S. The predicted molar refractivity (Wildman–Crippen MR) is 91.2 cm³/mol. The van der Waals surface area contributed by atoms with Crippen molar-refractivity contribution in [3.05, 3.63) is 45.8 Å². The van der Waals surface area contributed by atoms with Gasteiger partial charge >= 0.3 is 0 Å². The number of ether oxygens (including phenoxy) is 1. The van der Waals surface area contributed by atoms with E-state index in [4.69, 9.17) is 4.74 Å². The number of rotatable bonds is 3. The van der Waals surface area contributed by atoms with Gasteiger partial charge in [0.1, 0.15) is 16.8 Å². The maximum atomic E-state index is 12.4. The van der Waals surface area contributed by atoms with Gasteiger partial charge in [0.25, 0.3) is 5.91 Å². The summed E-state index contributed by atoms with van der Waals surface area (Å²) in [4.78, 5) is 13.6. The number of benzene rings is 1. The molecule has 0 bridgehead atoms. The third kappa shape index (κ3) is 3.08. The van der Waals surface area contributed by atoms with Gasteiger partial charge in [0.15, 0.2) is 0 Å². The summed E-state index contributed by atoms with van der Waals surface area (Å²) in [7, 11) is 1.59. The Morgan fingerprint density at radius 2 is 2.13 bits per heavy atom. The molecule has 0 spiro atoms. The molecule has 0 aliphatic heterocycles. The fourth-order valence-electron chi connectivity index (χ4n) is 2.88. The Balaban J connectivity index is 1.85. The average molecular weight is 326 g/mol. The van der Waals surface area contributed by atoms with Crippen molar-refractivity contribution in [2.45, 2.75) is 26.2 Å². The van der Waals surface area contributed by atoms with Crippen molar-refractivity contribution in [1.82, 2.24) is 0 Å². The van der Waals surface area contributed by atoms with Crippen LogP contribution in [-0.2, 0) is 12.8 Å². The lowest BCUT2D eigenvalue weighted by Gasteiger charge is -2.17. The molecule has 3 rings (SSSR count). The summed E-state index contributed by atoms with van der Waals surface area (Å²) in [5, 5.41) is 13.1. The minimum absolute atomic E-state index is 0.198. The molecule has 1 aliphatic rings. The molecule has 1 aromatic carbocycles. The van der Waals surface area contributed by atoms with E-state index in [1.165, 1.54) is 4.88 Å². The largest absolute Gasteiger partial charge is 0.497 e. The van der Waals surface area contributed by atoms with E-state index in [1.54, 1.807) is 42.7 Å². The van der Waals surface area contributed by atoms with E-state index < -0.39 is 0 Å². The highest BCUT2D eigenvalue weighted by molar-refractivity contribution is 7.16. The van der Waals surface area contributed by atoms with E-state index >= 15 is 0 Å². The van der Waals surface area contributed by atoms with Crippen molar-refractivity contribution in [2.75, 3.05) is 12.4 Å². The molecule has 0 saturated heterocycles. The van der Waals surface area contributed by atoms with Gasteiger partial charge in [-0.25, -0.2) is 0 Å². The molecule has 1 heterocycles. The SMILES string of the molecule is COc1ccc(C(=O)Nc2sc3c(c2C#N)CC(C)CC3)cc1. The van der Waals surface area contributed by atoms with Crippen LogP contribution in [0.1, 0.15) is 39.7 Å². The monoisotopic (exact) mass is 326 g/mol. The summed E-state index contributed by atoms with van der Waals surface area (Å²) in [6, 6.07) is 9.21. The van der Waals surface area contributed by atoms with Gasteiger partial charge in [-0.3, -0.25) is 4.79 Å². The lowest BCUT2D eigenvalue weighted by molar-refractivity contribution is 0.102. The zero-order chi connectivity index (χ0) is 16.4. The molecule has 118 valence electrons. The van der Waals surface area contributed by atoms with Crippen LogP contribution in [0.5, 0.6) is 5.75 Å². The maximum Gasteiger partial charge on any atom is 0.256 e. The standard InChI is InChI=1S/C18H18N2O2S/c1-11-3-8-16-14(9-11)15(10-19)18(23-16)20-17(21)12-4-6-13(22-2)7-5-12/h4-7,11H,3,8-9H2,1-2H3,(H,20,21). The molecule has 1 N–H and O–H groups in total. The Morgan fingerprint density at radius 3 is 2.78 bits per heavy atom. The Bertz CT molecular complexity index is 772. The van der Waals surface area contributed by atoms with Gasteiger partial charge in [0.05, 0.1) is 12.7 Å². The van der Waals surface area contributed by atoms with E-state index in [0.717, 1.165) is 24.8 Å². The van der Waals surface area contributed by atoms with E-state index in [9.17, 15) is 10.1 Å². The van der Waals surface area contributed by atoms with Gasteiger partial charge in [-0.05, 0) is 55.0 Å². The third-order valence-electron chi connectivity index (χ3n) is 4.20.